The van der Waals surface area contributed by atoms with Crippen LogP contribution in [0, 0.1) is 6.92 Å². The van der Waals surface area contributed by atoms with Gasteiger partial charge in [0.15, 0.2) is 0 Å². The van der Waals surface area contributed by atoms with Crippen LogP contribution in [0.2, 0.25) is 0 Å². The molecule has 0 bridgehead atoms. The Kier molecular flexibility index (Phi) is 11.7. The van der Waals surface area contributed by atoms with Gasteiger partial charge in [-0.15, -0.1) is 0 Å². The Morgan fingerprint density at radius 1 is 0.652 bits per heavy atom. The Bertz CT molecular complexity index is 385. The largest absolute Gasteiger partial charge is 0.371 e. The highest BCUT2D eigenvalue weighted by atomic mass is 15.1. The third-order valence-electron chi connectivity index (χ3n) is 4.77. The quantitative estimate of drug-likeness (QED) is 0.330. The van der Waals surface area contributed by atoms with Gasteiger partial charge in [0.2, 0.25) is 0 Å². The topological polar surface area (TPSA) is 3.24 Å². The van der Waals surface area contributed by atoms with Crippen LogP contribution in [0.3, 0.4) is 0 Å². The zero-order valence-corrected chi connectivity index (χ0v) is 15.9. The van der Waals surface area contributed by atoms with Crippen LogP contribution < -0.4 is 4.90 Å². The molecule has 0 aliphatic heterocycles. The molecule has 0 aliphatic rings. The second-order valence-electron chi connectivity index (χ2n) is 6.96. The molecule has 1 rings (SSSR count). The molecular formula is C22H39N. The molecule has 1 nitrogen and oxygen atoms in total. The Morgan fingerprint density at radius 3 is 1.70 bits per heavy atom. The maximum Gasteiger partial charge on any atom is 0.0395 e. The lowest BCUT2D eigenvalue weighted by atomic mass is 10.1. The van der Waals surface area contributed by atoms with E-state index in [1.807, 2.05) is 0 Å². The van der Waals surface area contributed by atoms with Crippen LogP contribution in [0.4, 0.5) is 5.69 Å². The number of unbranched alkanes of at least 4 members (excludes halogenated alkanes) is 9. The molecule has 0 amide bonds. The number of para-hydroxylation sites is 1. The number of hydrogen-bond donors (Lipinski definition) is 0. The highest BCUT2D eigenvalue weighted by Crippen LogP contribution is 2.21. The summed E-state index contributed by atoms with van der Waals surface area (Å²) in [6, 6.07) is 8.89. The summed E-state index contributed by atoms with van der Waals surface area (Å²) in [5.41, 5.74) is 2.88. The van der Waals surface area contributed by atoms with Crippen LogP contribution in [-0.4, -0.2) is 13.1 Å². The van der Waals surface area contributed by atoms with E-state index in [1.54, 1.807) is 0 Å². The van der Waals surface area contributed by atoms with Crippen molar-refractivity contribution in [3.8, 4) is 0 Å². The summed E-state index contributed by atoms with van der Waals surface area (Å²) < 4.78 is 0. The molecule has 1 heteroatoms. The minimum absolute atomic E-state index is 1.22. The minimum atomic E-state index is 1.22. The Morgan fingerprint density at radius 2 is 1.13 bits per heavy atom. The van der Waals surface area contributed by atoms with Crippen LogP contribution in [0.25, 0.3) is 0 Å². The fourth-order valence-electron chi connectivity index (χ4n) is 3.26. The van der Waals surface area contributed by atoms with E-state index in [2.05, 4.69) is 49.9 Å². The monoisotopic (exact) mass is 317 g/mol. The van der Waals surface area contributed by atoms with E-state index in [4.69, 9.17) is 0 Å². The van der Waals surface area contributed by atoms with Crippen LogP contribution in [0.1, 0.15) is 90.0 Å². The summed E-state index contributed by atoms with van der Waals surface area (Å²) >= 11 is 0. The van der Waals surface area contributed by atoms with E-state index in [0.717, 1.165) is 0 Å². The minimum Gasteiger partial charge on any atom is -0.371 e. The number of rotatable bonds is 14. The van der Waals surface area contributed by atoms with E-state index in [0.29, 0.717) is 0 Å². The van der Waals surface area contributed by atoms with Crippen LogP contribution >= 0.6 is 0 Å². The van der Waals surface area contributed by atoms with Gasteiger partial charge in [-0.2, -0.15) is 0 Å². The lowest BCUT2D eigenvalue weighted by Crippen LogP contribution is -2.26. The van der Waals surface area contributed by atoms with Gasteiger partial charge in [-0.25, -0.2) is 0 Å². The molecule has 132 valence electrons. The van der Waals surface area contributed by atoms with Crippen molar-refractivity contribution >= 4 is 5.69 Å². The maximum atomic E-state index is 2.64. The predicted molar refractivity (Wildman–Crippen MR) is 106 cm³/mol. The molecule has 1 aromatic rings. The van der Waals surface area contributed by atoms with E-state index >= 15 is 0 Å². The van der Waals surface area contributed by atoms with Crippen molar-refractivity contribution in [1.29, 1.82) is 0 Å². The summed E-state index contributed by atoms with van der Waals surface area (Å²) in [4.78, 5) is 2.64. The van der Waals surface area contributed by atoms with Crippen molar-refractivity contribution in [2.24, 2.45) is 0 Å². The first-order chi connectivity index (χ1) is 11.3. The van der Waals surface area contributed by atoms with Crippen molar-refractivity contribution in [1.82, 2.24) is 0 Å². The number of benzene rings is 1. The molecule has 0 fully saturated rings. The van der Waals surface area contributed by atoms with Gasteiger partial charge in [0.05, 0.1) is 0 Å². The average Bonchev–Trinajstić information content (AvgIpc) is 2.56. The van der Waals surface area contributed by atoms with Crippen molar-refractivity contribution in [3.63, 3.8) is 0 Å². The van der Waals surface area contributed by atoms with E-state index in [-0.39, 0.29) is 0 Å². The zero-order valence-electron chi connectivity index (χ0n) is 15.9. The zero-order chi connectivity index (χ0) is 16.8. The second-order valence-corrected chi connectivity index (χ2v) is 6.96. The summed E-state index contributed by atoms with van der Waals surface area (Å²) in [5.74, 6) is 0. The first kappa shape index (κ1) is 20.1. The number of anilines is 1. The second kappa shape index (κ2) is 13.5. The summed E-state index contributed by atoms with van der Waals surface area (Å²) in [5, 5.41) is 0. The molecule has 23 heavy (non-hydrogen) atoms. The third-order valence-corrected chi connectivity index (χ3v) is 4.77. The normalized spacial score (nSPS) is 10.9. The molecule has 0 saturated carbocycles. The molecule has 0 spiro atoms. The first-order valence-electron chi connectivity index (χ1n) is 10.1. The number of hydrogen-bond acceptors (Lipinski definition) is 1. The molecule has 0 heterocycles. The van der Waals surface area contributed by atoms with Gasteiger partial charge < -0.3 is 4.90 Å². The molecule has 0 atom stereocenters. The van der Waals surface area contributed by atoms with Gasteiger partial charge in [-0.1, -0.05) is 89.8 Å². The fourth-order valence-corrected chi connectivity index (χ4v) is 3.26. The SMILES string of the molecule is CCCCCCCCCN(CCCCCC)c1ccccc1C. The van der Waals surface area contributed by atoms with Crippen LogP contribution in [0.5, 0.6) is 0 Å². The van der Waals surface area contributed by atoms with Crippen molar-refractivity contribution < 1.29 is 0 Å². The number of nitrogens with zero attached hydrogens (tertiary/aromatic N) is 1. The van der Waals surface area contributed by atoms with E-state index < -0.39 is 0 Å². The fraction of sp³-hybridized carbons (Fsp3) is 0.727. The lowest BCUT2D eigenvalue weighted by Gasteiger charge is -2.26. The highest BCUT2D eigenvalue weighted by Gasteiger charge is 2.08. The molecule has 1 aromatic carbocycles. The molecule has 0 saturated heterocycles. The molecular weight excluding hydrogens is 278 g/mol. The van der Waals surface area contributed by atoms with Gasteiger partial charge in [-0.3, -0.25) is 0 Å². The molecule has 0 aliphatic carbocycles. The maximum absolute atomic E-state index is 2.64. The van der Waals surface area contributed by atoms with Crippen molar-refractivity contribution in [3.05, 3.63) is 29.8 Å². The average molecular weight is 318 g/mol. The molecule has 0 aromatic heterocycles. The van der Waals surface area contributed by atoms with Crippen LogP contribution in [0.15, 0.2) is 24.3 Å². The third kappa shape index (κ3) is 9.03. The van der Waals surface area contributed by atoms with Gasteiger partial charge in [0.25, 0.3) is 0 Å². The highest BCUT2D eigenvalue weighted by molar-refractivity contribution is 5.52. The Labute approximate surface area is 145 Å². The molecule has 0 N–H and O–H groups in total. The smallest absolute Gasteiger partial charge is 0.0395 e. The predicted octanol–water partition coefficient (Wildman–Crippen LogP) is 7.13. The summed E-state index contributed by atoms with van der Waals surface area (Å²) in [6.07, 6.45) is 15.2. The van der Waals surface area contributed by atoms with Crippen molar-refractivity contribution in [2.45, 2.75) is 91.4 Å². The van der Waals surface area contributed by atoms with Gasteiger partial charge in [-0.05, 0) is 31.4 Å². The summed E-state index contributed by atoms with van der Waals surface area (Å²) in [7, 11) is 0. The summed E-state index contributed by atoms with van der Waals surface area (Å²) in [6.45, 7) is 9.28. The lowest BCUT2D eigenvalue weighted by molar-refractivity contribution is 0.574. The standard InChI is InChI=1S/C22H39N/c1-4-6-8-10-11-12-16-20-23(19-15-9-7-5-2)22-18-14-13-17-21(22)3/h13-14,17-18H,4-12,15-16,19-20H2,1-3H3. The van der Waals surface area contributed by atoms with E-state index in [1.165, 1.54) is 95.0 Å². The van der Waals surface area contributed by atoms with Gasteiger partial charge >= 0.3 is 0 Å². The molecule has 0 radical (unpaired) electrons. The van der Waals surface area contributed by atoms with Gasteiger partial charge in [0.1, 0.15) is 0 Å². The number of aryl methyl sites for hydroxylation is 1. The van der Waals surface area contributed by atoms with Crippen LogP contribution in [-0.2, 0) is 0 Å². The first-order valence-corrected chi connectivity index (χ1v) is 10.1. The molecule has 0 unspecified atom stereocenters. The van der Waals surface area contributed by atoms with E-state index in [9.17, 15) is 0 Å². The Hall–Kier alpha value is -0.980. The Balaban J connectivity index is 2.37. The van der Waals surface area contributed by atoms with Crippen molar-refractivity contribution in [2.75, 3.05) is 18.0 Å². The van der Waals surface area contributed by atoms with Gasteiger partial charge in [0, 0.05) is 18.8 Å².